The van der Waals surface area contributed by atoms with Crippen LogP contribution in [0.5, 0.6) is 5.75 Å². The van der Waals surface area contributed by atoms with Crippen molar-refractivity contribution in [2.75, 3.05) is 38.7 Å². The number of methoxy groups -OCH3 is 1. The molecular weight excluding hydrogens is 268 g/mol. The summed E-state index contributed by atoms with van der Waals surface area (Å²) in [6.07, 6.45) is 0.806. The van der Waals surface area contributed by atoms with Crippen LogP contribution in [0, 0.1) is 0 Å². The number of anilines is 1. The molecule has 0 saturated carbocycles. The van der Waals surface area contributed by atoms with Crippen molar-refractivity contribution in [1.29, 1.82) is 0 Å². The van der Waals surface area contributed by atoms with Crippen molar-refractivity contribution >= 4 is 11.6 Å². The SMILES string of the molecule is C=C(C)COc1ccccc1NCC(=O)NCCCOC. The van der Waals surface area contributed by atoms with E-state index in [1.807, 2.05) is 31.2 Å². The van der Waals surface area contributed by atoms with Gasteiger partial charge in [-0.05, 0) is 31.1 Å². The first-order chi connectivity index (χ1) is 10.1. The lowest BCUT2D eigenvalue weighted by atomic mass is 10.3. The minimum absolute atomic E-state index is 0.0548. The van der Waals surface area contributed by atoms with Gasteiger partial charge >= 0.3 is 0 Å². The van der Waals surface area contributed by atoms with Crippen LogP contribution in [0.25, 0.3) is 0 Å². The van der Waals surface area contributed by atoms with E-state index in [0.29, 0.717) is 25.5 Å². The number of benzene rings is 1. The highest BCUT2D eigenvalue weighted by Gasteiger charge is 2.05. The minimum atomic E-state index is -0.0548. The predicted molar refractivity (Wildman–Crippen MR) is 84.7 cm³/mol. The van der Waals surface area contributed by atoms with Crippen molar-refractivity contribution < 1.29 is 14.3 Å². The molecule has 0 saturated heterocycles. The van der Waals surface area contributed by atoms with Crippen molar-refractivity contribution in [1.82, 2.24) is 5.32 Å². The fraction of sp³-hybridized carbons (Fsp3) is 0.438. The van der Waals surface area contributed by atoms with Crippen LogP contribution in [0.2, 0.25) is 0 Å². The number of hydrogen-bond donors (Lipinski definition) is 2. The third-order valence-electron chi connectivity index (χ3n) is 2.65. The van der Waals surface area contributed by atoms with Crippen molar-refractivity contribution in [3.63, 3.8) is 0 Å². The number of amides is 1. The molecule has 0 aromatic heterocycles. The molecule has 0 fully saturated rings. The van der Waals surface area contributed by atoms with Gasteiger partial charge in [0.2, 0.25) is 5.91 Å². The van der Waals surface area contributed by atoms with Crippen molar-refractivity contribution in [2.24, 2.45) is 0 Å². The summed E-state index contributed by atoms with van der Waals surface area (Å²) in [6, 6.07) is 7.53. The Morgan fingerprint density at radius 3 is 2.81 bits per heavy atom. The fourth-order valence-electron chi connectivity index (χ4n) is 1.62. The second kappa shape index (κ2) is 9.83. The zero-order chi connectivity index (χ0) is 15.5. The van der Waals surface area contributed by atoms with E-state index in [-0.39, 0.29) is 12.5 Å². The highest BCUT2D eigenvalue weighted by molar-refractivity contribution is 5.81. The monoisotopic (exact) mass is 292 g/mol. The molecule has 1 aromatic rings. The predicted octanol–water partition coefficient (Wildman–Crippen LogP) is 2.21. The molecule has 5 nitrogen and oxygen atoms in total. The highest BCUT2D eigenvalue weighted by Crippen LogP contribution is 2.23. The molecular formula is C16H24N2O3. The molecule has 0 aliphatic carbocycles. The van der Waals surface area contributed by atoms with E-state index >= 15 is 0 Å². The standard InChI is InChI=1S/C16H24N2O3/c1-13(2)12-21-15-8-5-4-7-14(15)18-11-16(19)17-9-6-10-20-3/h4-5,7-8,18H,1,6,9-12H2,2-3H3,(H,17,19). The second-order valence-corrected chi connectivity index (χ2v) is 4.79. The summed E-state index contributed by atoms with van der Waals surface area (Å²) in [5.74, 6) is 0.661. The number of para-hydroxylation sites is 2. The molecule has 0 radical (unpaired) electrons. The average molecular weight is 292 g/mol. The maximum Gasteiger partial charge on any atom is 0.239 e. The zero-order valence-corrected chi connectivity index (χ0v) is 12.8. The van der Waals surface area contributed by atoms with Gasteiger partial charge in [-0.25, -0.2) is 0 Å². The van der Waals surface area contributed by atoms with Gasteiger partial charge in [0.15, 0.2) is 0 Å². The first-order valence-electron chi connectivity index (χ1n) is 6.99. The van der Waals surface area contributed by atoms with Gasteiger partial charge in [-0.3, -0.25) is 4.79 Å². The van der Waals surface area contributed by atoms with E-state index in [0.717, 1.165) is 17.7 Å². The average Bonchev–Trinajstić information content (AvgIpc) is 2.48. The lowest BCUT2D eigenvalue weighted by Gasteiger charge is -2.13. The summed E-state index contributed by atoms with van der Waals surface area (Å²) in [6.45, 7) is 7.64. The van der Waals surface area contributed by atoms with E-state index in [9.17, 15) is 4.79 Å². The van der Waals surface area contributed by atoms with E-state index < -0.39 is 0 Å². The lowest BCUT2D eigenvalue weighted by Crippen LogP contribution is -2.31. The molecule has 0 aliphatic heterocycles. The Morgan fingerprint density at radius 2 is 2.10 bits per heavy atom. The van der Waals surface area contributed by atoms with Crippen LogP contribution >= 0.6 is 0 Å². The van der Waals surface area contributed by atoms with E-state index in [1.54, 1.807) is 7.11 Å². The van der Waals surface area contributed by atoms with Gasteiger partial charge in [-0.15, -0.1) is 0 Å². The van der Waals surface area contributed by atoms with Crippen LogP contribution in [-0.2, 0) is 9.53 Å². The van der Waals surface area contributed by atoms with Crippen LogP contribution in [0.1, 0.15) is 13.3 Å². The summed E-state index contributed by atoms with van der Waals surface area (Å²) < 4.78 is 10.6. The van der Waals surface area contributed by atoms with Crippen LogP contribution in [0.15, 0.2) is 36.4 Å². The Kier molecular flexibility index (Phi) is 7.97. The van der Waals surface area contributed by atoms with Gasteiger partial charge in [0.25, 0.3) is 0 Å². The topological polar surface area (TPSA) is 59.6 Å². The third kappa shape index (κ3) is 7.37. The first kappa shape index (κ1) is 17.0. The number of hydrogen-bond acceptors (Lipinski definition) is 4. The number of carbonyl (C=O) groups excluding carboxylic acids is 1. The highest BCUT2D eigenvalue weighted by atomic mass is 16.5. The molecule has 0 spiro atoms. The lowest BCUT2D eigenvalue weighted by molar-refractivity contribution is -0.119. The Labute approximate surface area is 126 Å². The maximum absolute atomic E-state index is 11.7. The molecule has 0 aliphatic rings. The number of rotatable bonds is 10. The largest absolute Gasteiger partial charge is 0.487 e. The summed E-state index contributed by atoms with van der Waals surface area (Å²) in [4.78, 5) is 11.7. The summed E-state index contributed by atoms with van der Waals surface area (Å²) in [7, 11) is 1.64. The second-order valence-electron chi connectivity index (χ2n) is 4.79. The van der Waals surface area contributed by atoms with Crippen LogP contribution in [0.4, 0.5) is 5.69 Å². The number of ether oxygens (including phenoxy) is 2. The van der Waals surface area contributed by atoms with Gasteiger partial charge in [-0.2, -0.15) is 0 Å². The van der Waals surface area contributed by atoms with Crippen molar-refractivity contribution in [3.05, 3.63) is 36.4 Å². The molecule has 116 valence electrons. The molecule has 5 heteroatoms. The van der Waals surface area contributed by atoms with Gasteiger partial charge in [0.05, 0.1) is 12.2 Å². The Bertz CT molecular complexity index is 461. The summed E-state index contributed by atoms with van der Waals surface area (Å²) in [5, 5.41) is 5.90. The first-order valence-corrected chi connectivity index (χ1v) is 6.99. The number of carbonyl (C=O) groups is 1. The van der Waals surface area contributed by atoms with E-state index in [2.05, 4.69) is 17.2 Å². The quantitative estimate of drug-likeness (QED) is 0.513. The van der Waals surface area contributed by atoms with Gasteiger partial charge in [0, 0.05) is 20.3 Å². The molecule has 0 bridgehead atoms. The normalized spacial score (nSPS) is 10.0. The Hall–Kier alpha value is -2.01. The van der Waals surface area contributed by atoms with Gasteiger partial charge < -0.3 is 20.1 Å². The molecule has 0 heterocycles. The fourth-order valence-corrected chi connectivity index (χ4v) is 1.62. The Morgan fingerprint density at radius 1 is 1.33 bits per heavy atom. The van der Waals surface area contributed by atoms with Gasteiger partial charge in [0.1, 0.15) is 12.4 Å². The van der Waals surface area contributed by atoms with Crippen molar-refractivity contribution in [3.8, 4) is 5.75 Å². The summed E-state index contributed by atoms with van der Waals surface area (Å²) >= 11 is 0. The molecule has 0 unspecified atom stereocenters. The zero-order valence-electron chi connectivity index (χ0n) is 12.8. The Balaban J connectivity index is 2.40. The molecule has 1 aromatic carbocycles. The van der Waals surface area contributed by atoms with Crippen molar-refractivity contribution in [2.45, 2.75) is 13.3 Å². The summed E-state index contributed by atoms with van der Waals surface area (Å²) in [5.41, 5.74) is 1.74. The molecule has 1 rings (SSSR count). The maximum atomic E-state index is 11.7. The molecule has 1 amide bonds. The van der Waals surface area contributed by atoms with E-state index in [1.165, 1.54) is 0 Å². The molecule has 0 atom stereocenters. The molecule has 21 heavy (non-hydrogen) atoms. The van der Waals surface area contributed by atoms with Gasteiger partial charge in [-0.1, -0.05) is 18.7 Å². The smallest absolute Gasteiger partial charge is 0.239 e. The van der Waals surface area contributed by atoms with Crippen LogP contribution in [0.3, 0.4) is 0 Å². The number of nitrogens with one attached hydrogen (secondary N) is 2. The van der Waals surface area contributed by atoms with Crippen LogP contribution in [-0.4, -0.2) is 39.3 Å². The van der Waals surface area contributed by atoms with Crippen LogP contribution < -0.4 is 15.4 Å². The molecule has 2 N–H and O–H groups in total. The van der Waals surface area contributed by atoms with E-state index in [4.69, 9.17) is 9.47 Å². The third-order valence-corrected chi connectivity index (χ3v) is 2.65. The minimum Gasteiger partial charge on any atom is -0.487 e.